The summed E-state index contributed by atoms with van der Waals surface area (Å²) in [6.45, 7) is 3.18. The summed E-state index contributed by atoms with van der Waals surface area (Å²) < 4.78 is 10.2. The Balaban J connectivity index is 1.47. The molecule has 3 rings (SSSR count). The van der Waals surface area contributed by atoms with Crippen LogP contribution < -0.4 is 20.8 Å². The van der Waals surface area contributed by atoms with Crippen LogP contribution in [0.2, 0.25) is 0 Å². The first-order chi connectivity index (χ1) is 20.0. The summed E-state index contributed by atoms with van der Waals surface area (Å²) in [5.74, 6) is -1.75. The van der Waals surface area contributed by atoms with E-state index in [0.29, 0.717) is 12.8 Å². The third-order valence-electron chi connectivity index (χ3n) is 6.31. The van der Waals surface area contributed by atoms with Crippen LogP contribution in [0.3, 0.4) is 0 Å². The summed E-state index contributed by atoms with van der Waals surface area (Å²) in [6.07, 6.45) is -0.910. The van der Waals surface area contributed by atoms with Crippen LogP contribution >= 0.6 is 0 Å². The number of likely N-dealkylation sites (tertiary alicyclic amines) is 1. The molecule has 0 radical (unpaired) electrons. The molecule has 15 nitrogen and oxygen atoms in total. The molecule has 15 heteroatoms. The first kappa shape index (κ1) is 31.3. The zero-order chi connectivity index (χ0) is 30.8. The lowest BCUT2D eigenvalue weighted by Gasteiger charge is -2.29. The molecule has 0 saturated carbocycles. The van der Waals surface area contributed by atoms with Crippen molar-refractivity contribution in [2.75, 3.05) is 13.6 Å². The molecule has 0 aromatic heterocycles. The number of nitro groups is 1. The highest BCUT2D eigenvalue weighted by molar-refractivity contribution is 5.94. The van der Waals surface area contributed by atoms with Crippen LogP contribution in [0.15, 0.2) is 54.6 Å². The standard InChI is InChI=1S/C27H32N6O9/c1-17(29-26(37)41-16-19-8-5-4-6-9-19)23(34)28-18(2)25(36)32-15-7-10-22(32)24(35)30-31(3)27(38)42-21-13-11-20(12-14-21)33(39)40/h4-6,8-9,11-14,17-18,22H,7,10,15-16H2,1-3H3,(H,28,34)(H,29,37)(H,30,35)/t17-,18-,22-/m0/s1. The summed E-state index contributed by atoms with van der Waals surface area (Å²) in [4.78, 5) is 74.5. The Morgan fingerprint density at radius 2 is 1.69 bits per heavy atom. The van der Waals surface area contributed by atoms with Gasteiger partial charge in [-0.05, 0) is 44.4 Å². The van der Waals surface area contributed by atoms with Gasteiger partial charge in [0.15, 0.2) is 0 Å². The Kier molecular flexibility index (Phi) is 10.8. The molecular weight excluding hydrogens is 552 g/mol. The summed E-state index contributed by atoms with van der Waals surface area (Å²) >= 11 is 0. The van der Waals surface area contributed by atoms with Crippen LogP contribution in [0.25, 0.3) is 0 Å². The average molecular weight is 585 g/mol. The summed E-state index contributed by atoms with van der Waals surface area (Å²) in [5, 5.41) is 16.5. The monoisotopic (exact) mass is 584 g/mol. The summed E-state index contributed by atoms with van der Waals surface area (Å²) in [6, 6.07) is 10.9. The van der Waals surface area contributed by atoms with Gasteiger partial charge in [-0.1, -0.05) is 30.3 Å². The number of amides is 5. The molecule has 5 amide bonds. The zero-order valence-electron chi connectivity index (χ0n) is 23.3. The number of nitrogens with zero attached hydrogens (tertiary/aromatic N) is 3. The Bertz CT molecular complexity index is 1300. The second-order valence-corrected chi connectivity index (χ2v) is 9.50. The van der Waals surface area contributed by atoms with Crippen molar-refractivity contribution in [2.24, 2.45) is 0 Å². The second kappa shape index (κ2) is 14.4. The van der Waals surface area contributed by atoms with E-state index < -0.39 is 53.0 Å². The molecule has 1 heterocycles. The predicted molar refractivity (Wildman–Crippen MR) is 147 cm³/mol. The quantitative estimate of drug-likeness (QED) is 0.292. The Morgan fingerprint density at radius 1 is 1.02 bits per heavy atom. The van der Waals surface area contributed by atoms with Crippen molar-refractivity contribution in [3.8, 4) is 5.75 Å². The number of hydrogen-bond donors (Lipinski definition) is 3. The number of benzene rings is 2. The van der Waals surface area contributed by atoms with Gasteiger partial charge in [0.1, 0.15) is 30.5 Å². The summed E-state index contributed by atoms with van der Waals surface area (Å²) in [7, 11) is 1.24. The minimum absolute atomic E-state index is 0.0261. The molecule has 1 fully saturated rings. The fourth-order valence-electron chi connectivity index (χ4n) is 4.05. The minimum atomic E-state index is -1.01. The number of carbonyl (C=O) groups is 5. The van der Waals surface area contributed by atoms with Crippen molar-refractivity contribution in [1.29, 1.82) is 0 Å². The minimum Gasteiger partial charge on any atom is -0.445 e. The van der Waals surface area contributed by atoms with Gasteiger partial charge in [-0.25, -0.2) is 14.6 Å². The SMILES string of the molecule is C[C@H](NC(=O)OCc1ccccc1)C(=O)N[C@@H](C)C(=O)N1CCC[C@H]1C(=O)NN(C)C(=O)Oc1ccc([N+](=O)[O-])cc1. The van der Waals surface area contributed by atoms with Crippen LogP contribution in [-0.2, 0) is 25.7 Å². The lowest BCUT2D eigenvalue weighted by molar-refractivity contribution is -0.384. The molecular formula is C27H32N6O9. The number of non-ortho nitro benzene ring substituents is 1. The normalized spacial score (nSPS) is 15.5. The number of carbonyl (C=O) groups excluding carboxylic acids is 5. The van der Waals surface area contributed by atoms with E-state index in [9.17, 15) is 34.1 Å². The predicted octanol–water partition coefficient (Wildman–Crippen LogP) is 1.87. The molecule has 2 aromatic rings. The lowest BCUT2D eigenvalue weighted by atomic mass is 10.2. The Labute approximate surface area is 241 Å². The van der Waals surface area contributed by atoms with Crippen LogP contribution in [0.1, 0.15) is 32.3 Å². The Morgan fingerprint density at radius 3 is 2.33 bits per heavy atom. The van der Waals surface area contributed by atoms with Crippen molar-refractivity contribution in [2.45, 2.75) is 51.4 Å². The molecule has 0 spiro atoms. The maximum absolute atomic E-state index is 13.1. The van der Waals surface area contributed by atoms with Crippen molar-refractivity contribution < 1.29 is 38.4 Å². The van der Waals surface area contributed by atoms with Crippen molar-refractivity contribution in [3.05, 3.63) is 70.3 Å². The molecule has 224 valence electrons. The van der Waals surface area contributed by atoms with Gasteiger partial charge in [0, 0.05) is 25.7 Å². The second-order valence-electron chi connectivity index (χ2n) is 9.50. The molecule has 2 aromatic carbocycles. The third kappa shape index (κ3) is 8.64. The molecule has 0 bridgehead atoms. The maximum Gasteiger partial charge on any atom is 0.433 e. The number of nitrogens with one attached hydrogen (secondary N) is 3. The lowest BCUT2D eigenvalue weighted by Crippen LogP contribution is -2.57. The first-order valence-electron chi connectivity index (χ1n) is 13.0. The van der Waals surface area contributed by atoms with Crippen molar-refractivity contribution in [3.63, 3.8) is 0 Å². The largest absolute Gasteiger partial charge is 0.445 e. The highest BCUT2D eigenvalue weighted by Crippen LogP contribution is 2.20. The van der Waals surface area contributed by atoms with E-state index in [4.69, 9.17) is 9.47 Å². The number of alkyl carbamates (subject to hydrolysis) is 1. The van der Waals surface area contributed by atoms with Gasteiger partial charge in [0.25, 0.3) is 11.6 Å². The maximum atomic E-state index is 13.1. The van der Waals surface area contributed by atoms with Gasteiger partial charge in [0.05, 0.1) is 4.92 Å². The number of rotatable bonds is 9. The van der Waals surface area contributed by atoms with Crippen molar-refractivity contribution in [1.82, 2.24) is 26.0 Å². The van der Waals surface area contributed by atoms with Crippen LogP contribution in [-0.4, -0.2) is 76.5 Å². The van der Waals surface area contributed by atoms with E-state index in [-0.39, 0.29) is 24.6 Å². The zero-order valence-corrected chi connectivity index (χ0v) is 23.3. The van der Waals surface area contributed by atoms with Crippen LogP contribution in [0, 0.1) is 10.1 Å². The molecule has 0 aliphatic carbocycles. The molecule has 3 N–H and O–H groups in total. The number of ether oxygens (including phenoxy) is 2. The molecule has 0 unspecified atom stereocenters. The van der Waals surface area contributed by atoms with Gasteiger partial charge >= 0.3 is 12.2 Å². The Hall–Kier alpha value is -5.21. The van der Waals surface area contributed by atoms with E-state index >= 15 is 0 Å². The number of hydrogen-bond acceptors (Lipinski definition) is 9. The molecule has 1 aliphatic rings. The molecule has 1 aliphatic heterocycles. The topological polar surface area (TPSA) is 190 Å². The van der Waals surface area contributed by atoms with Crippen LogP contribution in [0.4, 0.5) is 15.3 Å². The van der Waals surface area contributed by atoms with Crippen LogP contribution in [0.5, 0.6) is 5.75 Å². The van der Waals surface area contributed by atoms with Gasteiger partial charge in [-0.15, -0.1) is 0 Å². The van der Waals surface area contributed by atoms with Gasteiger partial charge in [0.2, 0.25) is 11.8 Å². The fourth-order valence-corrected chi connectivity index (χ4v) is 4.05. The summed E-state index contributed by atoms with van der Waals surface area (Å²) in [5.41, 5.74) is 2.97. The average Bonchev–Trinajstić information content (AvgIpc) is 3.46. The van der Waals surface area contributed by atoms with E-state index in [2.05, 4.69) is 16.1 Å². The number of hydrazine groups is 1. The van der Waals surface area contributed by atoms with Crippen molar-refractivity contribution >= 4 is 35.6 Å². The fraction of sp³-hybridized carbons (Fsp3) is 0.370. The molecule has 3 atom stereocenters. The molecule has 1 saturated heterocycles. The molecule has 42 heavy (non-hydrogen) atoms. The van der Waals surface area contributed by atoms with E-state index in [1.165, 1.54) is 37.9 Å². The van der Waals surface area contributed by atoms with E-state index in [1.54, 1.807) is 24.3 Å². The van der Waals surface area contributed by atoms with Gasteiger partial charge in [-0.3, -0.25) is 29.9 Å². The van der Waals surface area contributed by atoms with E-state index in [1.807, 2.05) is 6.07 Å². The number of nitro benzene ring substituents is 1. The first-order valence-corrected chi connectivity index (χ1v) is 13.0. The van der Waals surface area contributed by atoms with E-state index in [0.717, 1.165) is 22.7 Å². The highest BCUT2D eigenvalue weighted by Gasteiger charge is 2.37. The smallest absolute Gasteiger partial charge is 0.433 e. The van der Waals surface area contributed by atoms with Gasteiger partial charge in [-0.2, -0.15) is 0 Å². The highest BCUT2D eigenvalue weighted by atomic mass is 16.6. The third-order valence-corrected chi connectivity index (χ3v) is 6.31. The van der Waals surface area contributed by atoms with Gasteiger partial charge < -0.3 is 25.0 Å².